The molecule has 2 rings (SSSR count). The molecule has 2 amide bonds. The largest absolute Gasteiger partial charge is 0.481 e. The number of nitrogens with one attached hydrogen (secondary N) is 2. The van der Waals surface area contributed by atoms with Crippen LogP contribution in [0.5, 0.6) is 0 Å². The zero-order chi connectivity index (χ0) is 19.3. The molecule has 0 unspecified atom stereocenters. The summed E-state index contributed by atoms with van der Waals surface area (Å²) in [6.45, 7) is 5.75. The van der Waals surface area contributed by atoms with Crippen LogP contribution >= 0.6 is 0 Å². The lowest BCUT2D eigenvalue weighted by atomic mass is 9.82. The Morgan fingerprint density at radius 3 is 2.42 bits per heavy atom. The van der Waals surface area contributed by atoms with E-state index in [1.807, 2.05) is 26.8 Å². The molecule has 0 spiro atoms. The molecular weight excluding hydrogens is 332 g/mol. The molecule has 3 atom stereocenters. The minimum absolute atomic E-state index is 0.0921. The molecule has 1 aromatic rings. The standard InChI is InChI=1S/C20H26N2O4/c1-4-13(3)21-18(23)14-9-10-17(12(2)11-14)22-19(24)15-7-5-6-8-16(15)20(25)26/h5-6,9-11,13,15-16H,4,7-8H2,1-3H3,(H,21,23)(H,22,24)(H,25,26)/t13-,15+,16-/m0/s1. The normalized spacial score (nSPS) is 20.3. The zero-order valence-corrected chi connectivity index (χ0v) is 15.4. The van der Waals surface area contributed by atoms with E-state index >= 15 is 0 Å². The predicted octanol–water partition coefficient (Wildman–Crippen LogP) is 3.13. The highest BCUT2D eigenvalue weighted by molar-refractivity contribution is 5.98. The fraction of sp³-hybridized carbons (Fsp3) is 0.450. The monoisotopic (exact) mass is 358 g/mol. The molecule has 0 saturated heterocycles. The van der Waals surface area contributed by atoms with Gasteiger partial charge in [-0.25, -0.2) is 0 Å². The van der Waals surface area contributed by atoms with Gasteiger partial charge in [-0.15, -0.1) is 0 Å². The third-order valence-electron chi connectivity index (χ3n) is 4.82. The molecule has 6 nitrogen and oxygen atoms in total. The number of amides is 2. The van der Waals surface area contributed by atoms with Crippen LogP contribution in [-0.4, -0.2) is 28.9 Å². The van der Waals surface area contributed by atoms with E-state index in [4.69, 9.17) is 0 Å². The zero-order valence-electron chi connectivity index (χ0n) is 15.4. The van der Waals surface area contributed by atoms with E-state index in [0.29, 0.717) is 24.1 Å². The highest BCUT2D eigenvalue weighted by Gasteiger charge is 2.34. The van der Waals surface area contributed by atoms with E-state index in [2.05, 4.69) is 10.6 Å². The van der Waals surface area contributed by atoms with Crippen molar-refractivity contribution in [2.45, 2.75) is 46.1 Å². The first-order valence-corrected chi connectivity index (χ1v) is 8.93. The molecule has 3 N–H and O–H groups in total. The fourth-order valence-electron chi connectivity index (χ4n) is 2.96. The maximum absolute atomic E-state index is 12.6. The van der Waals surface area contributed by atoms with Crippen molar-refractivity contribution in [3.8, 4) is 0 Å². The maximum atomic E-state index is 12.6. The molecule has 1 aliphatic rings. The lowest BCUT2D eigenvalue weighted by Crippen LogP contribution is -2.35. The SMILES string of the molecule is CC[C@H](C)NC(=O)c1ccc(NC(=O)[C@@H]2CC=CC[C@@H]2C(=O)O)c(C)c1. The Morgan fingerprint density at radius 1 is 1.19 bits per heavy atom. The van der Waals surface area contributed by atoms with E-state index in [0.717, 1.165) is 12.0 Å². The number of hydrogen-bond donors (Lipinski definition) is 3. The highest BCUT2D eigenvalue weighted by atomic mass is 16.4. The second-order valence-electron chi connectivity index (χ2n) is 6.80. The van der Waals surface area contributed by atoms with Crippen molar-refractivity contribution in [1.82, 2.24) is 5.32 Å². The highest BCUT2D eigenvalue weighted by Crippen LogP contribution is 2.28. The van der Waals surface area contributed by atoms with Gasteiger partial charge in [0.05, 0.1) is 11.8 Å². The van der Waals surface area contributed by atoms with Crippen LogP contribution in [0.25, 0.3) is 0 Å². The number of aliphatic carboxylic acids is 1. The van der Waals surface area contributed by atoms with Crippen LogP contribution in [-0.2, 0) is 9.59 Å². The van der Waals surface area contributed by atoms with Gasteiger partial charge in [0.15, 0.2) is 0 Å². The molecule has 1 aliphatic carbocycles. The van der Waals surface area contributed by atoms with Crippen LogP contribution < -0.4 is 10.6 Å². The molecular formula is C20H26N2O4. The van der Waals surface area contributed by atoms with Crippen LogP contribution in [0.2, 0.25) is 0 Å². The second kappa shape index (κ2) is 8.65. The van der Waals surface area contributed by atoms with Crippen molar-refractivity contribution in [2.24, 2.45) is 11.8 Å². The van der Waals surface area contributed by atoms with Gasteiger partial charge in [-0.2, -0.15) is 0 Å². The summed E-state index contributed by atoms with van der Waals surface area (Å²) in [4.78, 5) is 36.1. The molecule has 140 valence electrons. The molecule has 0 aromatic heterocycles. The van der Waals surface area contributed by atoms with E-state index < -0.39 is 17.8 Å². The third kappa shape index (κ3) is 4.71. The first kappa shape index (κ1) is 19.7. The molecule has 0 heterocycles. The number of carbonyl (C=O) groups excluding carboxylic acids is 2. The summed E-state index contributed by atoms with van der Waals surface area (Å²) in [5.41, 5.74) is 1.88. The summed E-state index contributed by atoms with van der Waals surface area (Å²) in [7, 11) is 0. The van der Waals surface area contributed by atoms with Crippen LogP contribution in [0.1, 0.15) is 49.0 Å². The summed E-state index contributed by atoms with van der Waals surface area (Å²) in [5.74, 6) is -2.71. The molecule has 6 heteroatoms. The summed E-state index contributed by atoms with van der Waals surface area (Å²) < 4.78 is 0. The Labute approximate surface area is 153 Å². The van der Waals surface area contributed by atoms with E-state index in [9.17, 15) is 19.5 Å². The number of carboxylic acid groups (broad SMARTS) is 1. The molecule has 0 saturated carbocycles. The molecule has 0 aliphatic heterocycles. The summed E-state index contributed by atoms with van der Waals surface area (Å²) in [6, 6.07) is 5.17. The number of benzene rings is 1. The molecule has 26 heavy (non-hydrogen) atoms. The summed E-state index contributed by atoms with van der Waals surface area (Å²) in [5, 5.41) is 15.0. The Balaban J connectivity index is 2.10. The van der Waals surface area contributed by atoms with Gasteiger partial charge in [-0.3, -0.25) is 14.4 Å². The average Bonchev–Trinajstić information content (AvgIpc) is 2.62. The van der Waals surface area contributed by atoms with Gasteiger partial charge in [0.1, 0.15) is 0 Å². The number of carboxylic acids is 1. The number of rotatable bonds is 6. The van der Waals surface area contributed by atoms with Gasteiger partial charge in [-0.05, 0) is 56.9 Å². The molecule has 0 fully saturated rings. The Bertz CT molecular complexity index is 727. The molecule has 0 radical (unpaired) electrons. The Morgan fingerprint density at radius 2 is 1.85 bits per heavy atom. The summed E-state index contributed by atoms with van der Waals surface area (Å²) >= 11 is 0. The van der Waals surface area contributed by atoms with E-state index in [1.165, 1.54) is 0 Å². The van der Waals surface area contributed by atoms with Gasteiger partial charge in [-0.1, -0.05) is 19.1 Å². The average molecular weight is 358 g/mol. The Hall–Kier alpha value is -2.63. The van der Waals surface area contributed by atoms with Crippen LogP contribution in [0, 0.1) is 18.8 Å². The van der Waals surface area contributed by atoms with E-state index in [-0.39, 0.29) is 17.9 Å². The van der Waals surface area contributed by atoms with Crippen molar-refractivity contribution in [3.05, 3.63) is 41.5 Å². The van der Waals surface area contributed by atoms with Gasteiger partial charge in [0.25, 0.3) is 5.91 Å². The van der Waals surface area contributed by atoms with Crippen molar-refractivity contribution >= 4 is 23.5 Å². The van der Waals surface area contributed by atoms with Crippen LogP contribution in [0.15, 0.2) is 30.4 Å². The van der Waals surface area contributed by atoms with Crippen LogP contribution in [0.3, 0.4) is 0 Å². The van der Waals surface area contributed by atoms with Gasteiger partial charge in [0.2, 0.25) is 5.91 Å². The first-order chi connectivity index (χ1) is 12.3. The number of aryl methyl sites for hydroxylation is 1. The van der Waals surface area contributed by atoms with Gasteiger partial charge in [0, 0.05) is 17.3 Å². The van der Waals surface area contributed by atoms with Gasteiger partial charge < -0.3 is 15.7 Å². The first-order valence-electron chi connectivity index (χ1n) is 8.93. The minimum Gasteiger partial charge on any atom is -0.481 e. The minimum atomic E-state index is -0.955. The van der Waals surface area contributed by atoms with Crippen molar-refractivity contribution in [2.75, 3.05) is 5.32 Å². The molecule has 0 bridgehead atoms. The predicted molar refractivity (Wildman–Crippen MR) is 100 cm³/mol. The second-order valence-corrected chi connectivity index (χ2v) is 6.80. The van der Waals surface area contributed by atoms with Crippen molar-refractivity contribution in [1.29, 1.82) is 0 Å². The maximum Gasteiger partial charge on any atom is 0.307 e. The lowest BCUT2D eigenvalue weighted by molar-refractivity contribution is -0.146. The number of hydrogen-bond acceptors (Lipinski definition) is 3. The fourth-order valence-corrected chi connectivity index (χ4v) is 2.96. The quantitative estimate of drug-likeness (QED) is 0.681. The van der Waals surface area contributed by atoms with Crippen molar-refractivity contribution < 1.29 is 19.5 Å². The molecule has 1 aromatic carbocycles. The third-order valence-corrected chi connectivity index (χ3v) is 4.82. The summed E-state index contributed by atoms with van der Waals surface area (Å²) in [6.07, 6.45) is 5.27. The van der Waals surface area contributed by atoms with E-state index in [1.54, 1.807) is 24.3 Å². The lowest BCUT2D eigenvalue weighted by Gasteiger charge is -2.24. The number of allylic oxidation sites excluding steroid dienone is 2. The Kier molecular flexibility index (Phi) is 6.55. The smallest absolute Gasteiger partial charge is 0.307 e. The van der Waals surface area contributed by atoms with Gasteiger partial charge >= 0.3 is 5.97 Å². The van der Waals surface area contributed by atoms with Crippen LogP contribution in [0.4, 0.5) is 5.69 Å². The number of carbonyl (C=O) groups is 3. The topological polar surface area (TPSA) is 95.5 Å². The number of anilines is 1. The van der Waals surface area contributed by atoms with Crippen molar-refractivity contribution in [3.63, 3.8) is 0 Å².